The summed E-state index contributed by atoms with van der Waals surface area (Å²) in [5.74, 6) is -0.646. The average Bonchev–Trinajstić information content (AvgIpc) is 2.96. The van der Waals surface area contributed by atoms with E-state index < -0.39 is 52.3 Å². The standard InChI is InChI=1S/C30H33ClF3N7O4/c1-29(2,3)24-21(5-4-12-41(24)28(44)45)40-26(42)23-25(35)36-15-22(39-23)17-8-6-16(7-9-17)14-37-27(43)38-18-10-11-20(31)19(13-18)30(32,33)34/h6-11,13,15,21,24H,4-5,12,14H2,1-3H3,(H2,35,36)(H,40,42)(H,44,45)(H2,37,38,43)/t21-,24?/m0/s1. The number of benzene rings is 2. The van der Waals surface area contributed by atoms with Gasteiger partial charge in [0.1, 0.15) is 0 Å². The maximum absolute atomic E-state index is 13.3. The van der Waals surface area contributed by atoms with Gasteiger partial charge in [0.2, 0.25) is 0 Å². The number of nitrogens with two attached hydrogens (primary N) is 1. The molecule has 2 atom stereocenters. The number of halogens is 4. The highest BCUT2D eigenvalue weighted by molar-refractivity contribution is 6.31. The van der Waals surface area contributed by atoms with Gasteiger partial charge in [-0.25, -0.2) is 19.6 Å². The van der Waals surface area contributed by atoms with Crippen LogP contribution in [0, 0.1) is 5.41 Å². The van der Waals surface area contributed by atoms with Gasteiger partial charge in [0.05, 0.1) is 34.6 Å². The molecule has 2 aromatic carbocycles. The number of likely N-dealkylation sites (tertiary alicyclic amines) is 1. The number of aromatic nitrogens is 2. The Morgan fingerprint density at radius 2 is 1.80 bits per heavy atom. The fourth-order valence-corrected chi connectivity index (χ4v) is 5.57. The summed E-state index contributed by atoms with van der Waals surface area (Å²) in [6.07, 6.45) is -3.12. The highest BCUT2D eigenvalue weighted by atomic mass is 35.5. The van der Waals surface area contributed by atoms with E-state index >= 15 is 0 Å². The molecule has 1 aromatic heterocycles. The molecule has 45 heavy (non-hydrogen) atoms. The molecule has 0 bridgehead atoms. The van der Waals surface area contributed by atoms with Crippen LogP contribution in [0.15, 0.2) is 48.7 Å². The zero-order chi connectivity index (χ0) is 33.1. The van der Waals surface area contributed by atoms with Gasteiger partial charge < -0.3 is 31.7 Å². The Morgan fingerprint density at radius 3 is 2.42 bits per heavy atom. The SMILES string of the molecule is CC(C)(C)C1[C@@H](NC(=O)c2nc(-c3ccc(CNC(=O)Nc4ccc(Cl)c(C(F)(F)F)c4)cc3)cnc2N)CCCN1C(=O)O. The first-order valence-electron chi connectivity index (χ1n) is 14.0. The fourth-order valence-electron chi connectivity index (χ4n) is 5.35. The molecule has 0 spiro atoms. The largest absolute Gasteiger partial charge is 0.465 e. The van der Waals surface area contributed by atoms with Crippen molar-refractivity contribution in [2.45, 2.75) is 58.4 Å². The quantitative estimate of drug-likeness (QED) is 0.219. The van der Waals surface area contributed by atoms with Gasteiger partial charge >= 0.3 is 18.3 Å². The summed E-state index contributed by atoms with van der Waals surface area (Å²) in [4.78, 5) is 47.4. The zero-order valence-corrected chi connectivity index (χ0v) is 25.5. The number of nitrogen functional groups attached to an aromatic ring is 1. The van der Waals surface area contributed by atoms with Crippen LogP contribution >= 0.6 is 11.6 Å². The second-order valence-corrected chi connectivity index (χ2v) is 12.1. The van der Waals surface area contributed by atoms with E-state index in [9.17, 15) is 32.7 Å². The molecule has 1 saturated heterocycles. The van der Waals surface area contributed by atoms with Crippen molar-refractivity contribution in [1.29, 1.82) is 0 Å². The molecular weight excluding hydrogens is 615 g/mol. The molecule has 0 saturated carbocycles. The molecule has 6 N–H and O–H groups in total. The number of hydrogen-bond acceptors (Lipinski definition) is 6. The number of urea groups is 1. The summed E-state index contributed by atoms with van der Waals surface area (Å²) in [5, 5.41) is 17.1. The summed E-state index contributed by atoms with van der Waals surface area (Å²) in [6, 6.07) is 8.24. The minimum atomic E-state index is -4.67. The van der Waals surface area contributed by atoms with Crippen molar-refractivity contribution in [3.63, 3.8) is 0 Å². The Kier molecular flexibility index (Phi) is 9.76. The summed E-state index contributed by atoms with van der Waals surface area (Å²) < 4.78 is 39.3. The van der Waals surface area contributed by atoms with E-state index in [1.54, 1.807) is 24.3 Å². The van der Waals surface area contributed by atoms with Gasteiger partial charge in [-0.1, -0.05) is 56.6 Å². The maximum Gasteiger partial charge on any atom is 0.417 e. The van der Waals surface area contributed by atoms with Crippen molar-refractivity contribution in [1.82, 2.24) is 25.5 Å². The number of nitrogens with one attached hydrogen (secondary N) is 3. The number of rotatable bonds is 6. The molecule has 15 heteroatoms. The van der Waals surface area contributed by atoms with Gasteiger partial charge in [-0.3, -0.25) is 4.79 Å². The molecule has 4 rings (SSSR count). The number of amides is 4. The lowest BCUT2D eigenvalue weighted by atomic mass is 9.77. The third kappa shape index (κ3) is 8.12. The Balaban J connectivity index is 1.41. The van der Waals surface area contributed by atoms with Crippen LogP contribution in [0.1, 0.15) is 55.2 Å². The van der Waals surface area contributed by atoms with E-state index in [1.807, 2.05) is 20.8 Å². The molecule has 1 aliphatic rings. The highest BCUT2D eigenvalue weighted by Gasteiger charge is 2.42. The molecule has 0 aliphatic carbocycles. The fraction of sp³-hybridized carbons (Fsp3) is 0.367. The summed E-state index contributed by atoms with van der Waals surface area (Å²) in [5.41, 5.74) is 5.98. The first-order chi connectivity index (χ1) is 21.0. The van der Waals surface area contributed by atoms with Crippen molar-refractivity contribution >= 4 is 41.1 Å². The number of alkyl halides is 3. The number of carbonyl (C=O) groups is 3. The maximum atomic E-state index is 13.3. The van der Waals surface area contributed by atoms with E-state index in [-0.39, 0.29) is 23.7 Å². The van der Waals surface area contributed by atoms with Gasteiger partial charge in [0.25, 0.3) is 5.91 Å². The average molecular weight is 648 g/mol. The normalized spacial score (nSPS) is 17.0. The van der Waals surface area contributed by atoms with E-state index in [2.05, 4.69) is 25.9 Å². The van der Waals surface area contributed by atoms with Gasteiger partial charge in [0, 0.05) is 24.3 Å². The summed E-state index contributed by atoms with van der Waals surface area (Å²) >= 11 is 5.62. The monoisotopic (exact) mass is 647 g/mol. The zero-order valence-electron chi connectivity index (χ0n) is 24.7. The number of carbonyl (C=O) groups excluding carboxylic acids is 2. The molecule has 4 amide bonds. The van der Waals surface area contributed by atoms with Crippen molar-refractivity contribution in [2.24, 2.45) is 5.41 Å². The van der Waals surface area contributed by atoms with Crippen LogP contribution in [0.5, 0.6) is 0 Å². The minimum absolute atomic E-state index is 0.0661. The Hall–Kier alpha value is -4.59. The van der Waals surface area contributed by atoms with Crippen LogP contribution < -0.4 is 21.7 Å². The molecule has 0 radical (unpaired) electrons. The van der Waals surface area contributed by atoms with E-state index in [0.717, 1.165) is 12.1 Å². The lowest BCUT2D eigenvalue weighted by molar-refractivity contribution is -0.137. The van der Waals surface area contributed by atoms with E-state index in [4.69, 9.17) is 17.3 Å². The number of nitrogens with zero attached hydrogens (tertiary/aromatic N) is 3. The summed E-state index contributed by atoms with van der Waals surface area (Å²) in [7, 11) is 0. The van der Waals surface area contributed by atoms with E-state index in [0.29, 0.717) is 36.2 Å². The van der Waals surface area contributed by atoms with Crippen molar-refractivity contribution < 1.29 is 32.7 Å². The number of piperidine rings is 1. The molecule has 1 aliphatic heterocycles. The van der Waals surface area contributed by atoms with E-state index in [1.165, 1.54) is 17.2 Å². The second kappa shape index (κ2) is 13.2. The van der Waals surface area contributed by atoms with Crippen LogP contribution in [0.4, 0.5) is 34.3 Å². The molecule has 1 unspecified atom stereocenters. The predicted molar refractivity (Wildman–Crippen MR) is 163 cm³/mol. The Bertz CT molecular complexity index is 1580. The second-order valence-electron chi connectivity index (χ2n) is 11.7. The van der Waals surface area contributed by atoms with Crippen molar-refractivity contribution in [3.8, 4) is 11.3 Å². The highest BCUT2D eigenvalue weighted by Crippen LogP contribution is 2.36. The molecule has 11 nitrogen and oxygen atoms in total. The van der Waals surface area contributed by atoms with Gasteiger partial charge in [-0.15, -0.1) is 0 Å². The first kappa shape index (κ1) is 33.3. The van der Waals surface area contributed by atoms with Crippen molar-refractivity contribution in [2.75, 3.05) is 17.6 Å². The summed E-state index contributed by atoms with van der Waals surface area (Å²) in [6.45, 7) is 6.21. The van der Waals surface area contributed by atoms with Crippen molar-refractivity contribution in [3.05, 3.63) is 70.5 Å². The molecular formula is C30H33ClF3N7O4. The van der Waals surface area contributed by atoms with Crippen LogP contribution in [-0.2, 0) is 12.7 Å². The first-order valence-corrected chi connectivity index (χ1v) is 14.4. The van der Waals surface area contributed by atoms with Crippen LogP contribution in [0.3, 0.4) is 0 Å². The third-order valence-corrected chi connectivity index (χ3v) is 7.66. The number of anilines is 2. The molecule has 2 heterocycles. The molecule has 1 fully saturated rings. The Morgan fingerprint density at radius 1 is 1.11 bits per heavy atom. The molecule has 240 valence electrons. The minimum Gasteiger partial charge on any atom is -0.465 e. The van der Waals surface area contributed by atoms with Gasteiger partial charge in [-0.2, -0.15) is 13.2 Å². The number of carboxylic acid groups (broad SMARTS) is 1. The van der Waals surface area contributed by atoms with Gasteiger partial charge in [-0.05, 0) is 42.0 Å². The topological polar surface area (TPSA) is 163 Å². The molecule has 3 aromatic rings. The number of hydrogen-bond donors (Lipinski definition) is 5. The predicted octanol–water partition coefficient (Wildman–Crippen LogP) is 6.01. The Labute approximate surface area is 262 Å². The lowest BCUT2D eigenvalue weighted by Gasteiger charge is -2.46. The third-order valence-electron chi connectivity index (χ3n) is 7.33. The van der Waals surface area contributed by atoms with Crippen LogP contribution in [-0.4, -0.2) is 56.6 Å². The van der Waals surface area contributed by atoms with Crippen LogP contribution in [0.2, 0.25) is 5.02 Å². The van der Waals surface area contributed by atoms with Crippen LogP contribution in [0.25, 0.3) is 11.3 Å². The van der Waals surface area contributed by atoms with Gasteiger partial charge in [0.15, 0.2) is 11.5 Å². The smallest absolute Gasteiger partial charge is 0.417 e. The lowest BCUT2D eigenvalue weighted by Crippen LogP contribution is -2.61.